The average molecular weight is 252 g/mol. The fourth-order valence-electron chi connectivity index (χ4n) is 3.17. The topological polar surface area (TPSA) is 32.3 Å². The Labute approximate surface area is 111 Å². The van der Waals surface area contributed by atoms with E-state index in [1.165, 1.54) is 32.1 Å². The SMILES string of the molecule is CC1CCCN(C(=O)CCC2CCNCC2)CC1. The number of likely N-dealkylation sites (tertiary alicyclic amines) is 1. The summed E-state index contributed by atoms with van der Waals surface area (Å²) in [5.41, 5.74) is 0. The highest BCUT2D eigenvalue weighted by Crippen LogP contribution is 2.20. The number of nitrogens with one attached hydrogen (secondary N) is 1. The van der Waals surface area contributed by atoms with E-state index in [1.54, 1.807) is 0 Å². The Balaban J connectivity index is 1.69. The Kier molecular flexibility index (Phi) is 5.48. The van der Waals surface area contributed by atoms with Crippen LogP contribution in [0.3, 0.4) is 0 Å². The molecule has 2 fully saturated rings. The fraction of sp³-hybridized carbons (Fsp3) is 0.933. The zero-order valence-electron chi connectivity index (χ0n) is 11.8. The highest BCUT2D eigenvalue weighted by molar-refractivity contribution is 5.76. The first kappa shape index (κ1) is 13.9. The smallest absolute Gasteiger partial charge is 0.222 e. The summed E-state index contributed by atoms with van der Waals surface area (Å²) in [4.78, 5) is 14.3. The second kappa shape index (κ2) is 7.13. The Hall–Kier alpha value is -0.570. The maximum absolute atomic E-state index is 12.2. The molecule has 0 radical (unpaired) electrons. The standard InChI is InChI=1S/C15H28N2O/c1-13-3-2-11-17(12-8-13)15(18)5-4-14-6-9-16-10-7-14/h13-14,16H,2-12H2,1H3. The van der Waals surface area contributed by atoms with Gasteiger partial charge < -0.3 is 10.2 Å². The number of piperidine rings is 1. The Morgan fingerprint density at radius 1 is 1.17 bits per heavy atom. The van der Waals surface area contributed by atoms with Crippen molar-refractivity contribution in [1.29, 1.82) is 0 Å². The fourth-order valence-corrected chi connectivity index (χ4v) is 3.17. The summed E-state index contributed by atoms with van der Waals surface area (Å²) in [6, 6.07) is 0. The van der Waals surface area contributed by atoms with Gasteiger partial charge in [0.15, 0.2) is 0 Å². The molecule has 0 bridgehead atoms. The largest absolute Gasteiger partial charge is 0.343 e. The number of carbonyl (C=O) groups excluding carboxylic acids is 1. The van der Waals surface area contributed by atoms with Crippen LogP contribution in [-0.2, 0) is 4.79 Å². The van der Waals surface area contributed by atoms with Crippen molar-refractivity contribution in [2.75, 3.05) is 26.2 Å². The van der Waals surface area contributed by atoms with Gasteiger partial charge in [0.2, 0.25) is 5.91 Å². The van der Waals surface area contributed by atoms with Crippen LogP contribution in [0.15, 0.2) is 0 Å². The molecule has 2 heterocycles. The summed E-state index contributed by atoms with van der Waals surface area (Å²) >= 11 is 0. The molecule has 0 saturated carbocycles. The number of rotatable bonds is 3. The first-order chi connectivity index (χ1) is 8.75. The van der Waals surface area contributed by atoms with Gasteiger partial charge in [-0.05, 0) is 63.5 Å². The summed E-state index contributed by atoms with van der Waals surface area (Å²) in [5.74, 6) is 1.98. The highest BCUT2D eigenvalue weighted by atomic mass is 16.2. The summed E-state index contributed by atoms with van der Waals surface area (Å²) in [6.07, 6.45) is 8.07. The Morgan fingerprint density at radius 2 is 1.94 bits per heavy atom. The molecule has 1 amide bonds. The van der Waals surface area contributed by atoms with E-state index in [4.69, 9.17) is 0 Å². The van der Waals surface area contributed by atoms with E-state index in [0.29, 0.717) is 5.91 Å². The van der Waals surface area contributed by atoms with Crippen molar-refractivity contribution in [3.8, 4) is 0 Å². The molecule has 1 atom stereocenters. The maximum Gasteiger partial charge on any atom is 0.222 e. The minimum Gasteiger partial charge on any atom is -0.343 e. The number of nitrogens with zero attached hydrogens (tertiary/aromatic N) is 1. The zero-order chi connectivity index (χ0) is 12.8. The molecular formula is C15H28N2O. The number of hydrogen-bond donors (Lipinski definition) is 1. The molecule has 104 valence electrons. The van der Waals surface area contributed by atoms with Crippen molar-refractivity contribution in [2.24, 2.45) is 11.8 Å². The van der Waals surface area contributed by atoms with Crippen molar-refractivity contribution in [3.63, 3.8) is 0 Å². The number of hydrogen-bond acceptors (Lipinski definition) is 2. The van der Waals surface area contributed by atoms with Crippen LogP contribution in [0.5, 0.6) is 0 Å². The predicted octanol–water partition coefficient (Wildman–Crippen LogP) is 2.41. The van der Waals surface area contributed by atoms with Gasteiger partial charge in [0.25, 0.3) is 0 Å². The first-order valence-electron chi connectivity index (χ1n) is 7.74. The van der Waals surface area contributed by atoms with Gasteiger partial charge in [-0.2, -0.15) is 0 Å². The summed E-state index contributed by atoms with van der Waals surface area (Å²) in [5, 5.41) is 3.38. The molecule has 1 N–H and O–H groups in total. The molecule has 0 spiro atoms. The van der Waals surface area contributed by atoms with Crippen LogP contribution >= 0.6 is 0 Å². The second-order valence-corrected chi connectivity index (χ2v) is 6.15. The van der Waals surface area contributed by atoms with Gasteiger partial charge in [0.1, 0.15) is 0 Å². The first-order valence-corrected chi connectivity index (χ1v) is 7.74. The average Bonchev–Trinajstić information content (AvgIpc) is 2.62. The van der Waals surface area contributed by atoms with Crippen LogP contribution in [0.25, 0.3) is 0 Å². The van der Waals surface area contributed by atoms with E-state index in [1.807, 2.05) is 0 Å². The van der Waals surface area contributed by atoms with Crippen molar-refractivity contribution < 1.29 is 4.79 Å². The van der Waals surface area contributed by atoms with E-state index in [9.17, 15) is 4.79 Å². The van der Waals surface area contributed by atoms with Gasteiger partial charge in [-0.25, -0.2) is 0 Å². The third-order valence-corrected chi connectivity index (χ3v) is 4.59. The third kappa shape index (κ3) is 4.27. The monoisotopic (exact) mass is 252 g/mol. The van der Waals surface area contributed by atoms with Crippen molar-refractivity contribution in [2.45, 2.75) is 51.9 Å². The molecule has 2 aliphatic heterocycles. The molecule has 2 rings (SSSR count). The molecule has 2 saturated heterocycles. The molecule has 1 unspecified atom stereocenters. The van der Waals surface area contributed by atoms with Gasteiger partial charge in [-0.15, -0.1) is 0 Å². The third-order valence-electron chi connectivity index (χ3n) is 4.59. The van der Waals surface area contributed by atoms with E-state index < -0.39 is 0 Å². The minimum atomic E-state index is 0.405. The lowest BCUT2D eigenvalue weighted by Gasteiger charge is -2.25. The van der Waals surface area contributed by atoms with Gasteiger partial charge in [0, 0.05) is 19.5 Å². The summed E-state index contributed by atoms with van der Waals surface area (Å²) in [7, 11) is 0. The molecule has 0 aromatic heterocycles. The lowest BCUT2D eigenvalue weighted by atomic mass is 9.93. The molecule has 0 aromatic carbocycles. The van der Waals surface area contributed by atoms with Crippen molar-refractivity contribution in [1.82, 2.24) is 10.2 Å². The van der Waals surface area contributed by atoms with Gasteiger partial charge >= 0.3 is 0 Å². The molecule has 3 nitrogen and oxygen atoms in total. The van der Waals surface area contributed by atoms with Crippen molar-refractivity contribution in [3.05, 3.63) is 0 Å². The molecule has 3 heteroatoms. The van der Waals surface area contributed by atoms with Gasteiger partial charge in [-0.1, -0.05) is 6.92 Å². The zero-order valence-corrected chi connectivity index (χ0v) is 11.8. The predicted molar refractivity (Wildman–Crippen MR) is 74.4 cm³/mol. The van der Waals surface area contributed by atoms with Crippen LogP contribution in [0, 0.1) is 11.8 Å². The molecular weight excluding hydrogens is 224 g/mol. The maximum atomic E-state index is 12.2. The highest BCUT2D eigenvalue weighted by Gasteiger charge is 2.20. The Morgan fingerprint density at radius 3 is 2.72 bits per heavy atom. The van der Waals surface area contributed by atoms with E-state index in [2.05, 4.69) is 17.1 Å². The lowest BCUT2D eigenvalue weighted by molar-refractivity contribution is -0.131. The summed E-state index contributed by atoms with van der Waals surface area (Å²) in [6.45, 7) is 6.57. The van der Waals surface area contributed by atoms with E-state index in [0.717, 1.165) is 50.9 Å². The van der Waals surface area contributed by atoms with Crippen LogP contribution in [0.1, 0.15) is 51.9 Å². The van der Waals surface area contributed by atoms with Crippen LogP contribution < -0.4 is 5.32 Å². The van der Waals surface area contributed by atoms with Gasteiger partial charge in [-0.3, -0.25) is 4.79 Å². The summed E-state index contributed by atoms with van der Waals surface area (Å²) < 4.78 is 0. The van der Waals surface area contributed by atoms with Crippen LogP contribution in [0.4, 0.5) is 0 Å². The van der Waals surface area contributed by atoms with Crippen molar-refractivity contribution >= 4 is 5.91 Å². The number of carbonyl (C=O) groups is 1. The quantitative estimate of drug-likeness (QED) is 0.836. The second-order valence-electron chi connectivity index (χ2n) is 6.15. The van der Waals surface area contributed by atoms with Crippen LogP contribution in [0.2, 0.25) is 0 Å². The Bertz CT molecular complexity index is 261. The molecule has 2 aliphatic rings. The van der Waals surface area contributed by atoms with Crippen LogP contribution in [-0.4, -0.2) is 37.0 Å². The minimum absolute atomic E-state index is 0.405. The molecule has 0 aliphatic carbocycles. The van der Waals surface area contributed by atoms with E-state index in [-0.39, 0.29) is 0 Å². The number of amides is 1. The van der Waals surface area contributed by atoms with Gasteiger partial charge in [0.05, 0.1) is 0 Å². The van der Waals surface area contributed by atoms with E-state index >= 15 is 0 Å². The normalized spacial score (nSPS) is 26.9. The lowest BCUT2D eigenvalue weighted by Crippen LogP contribution is -2.33. The molecule has 18 heavy (non-hydrogen) atoms. The molecule has 0 aromatic rings.